The molecule has 0 saturated heterocycles. The van der Waals surface area contributed by atoms with Crippen molar-refractivity contribution >= 4 is 57.8 Å². The standard InChI is InChI=1S/C24H17N3O3S2/c28-20(27-16-10-4-6-12-18(16)32-19-13-7-5-11-17(19)27)14-31-24-25-22(29)21(23(30)26-24)15-8-2-1-3-9-15/h1-13,21H,14H2,(H,25,26,29,30). The summed E-state index contributed by atoms with van der Waals surface area (Å²) in [6.45, 7) is 0. The first kappa shape index (κ1) is 20.5. The largest absolute Gasteiger partial charge is 0.304 e. The Morgan fingerprint density at radius 3 is 2.12 bits per heavy atom. The summed E-state index contributed by atoms with van der Waals surface area (Å²) in [6, 6.07) is 24.3. The topological polar surface area (TPSA) is 78.8 Å². The maximum atomic E-state index is 13.3. The molecule has 0 radical (unpaired) electrons. The Bertz CT molecular complexity index is 1210. The fourth-order valence-corrected chi connectivity index (χ4v) is 5.43. The van der Waals surface area contributed by atoms with Crippen molar-refractivity contribution in [3.05, 3.63) is 84.4 Å². The van der Waals surface area contributed by atoms with Crippen molar-refractivity contribution in [1.82, 2.24) is 5.32 Å². The number of benzene rings is 3. The van der Waals surface area contributed by atoms with Crippen LogP contribution in [0.25, 0.3) is 0 Å². The SMILES string of the molecule is O=C1N=C(SCC(=O)N2c3ccccc3Sc3ccccc32)NC(=O)C1c1ccccc1. The lowest BCUT2D eigenvalue weighted by Gasteiger charge is -2.31. The fourth-order valence-electron chi connectivity index (χ4n) is 3.66. The zero-order valence-corrected chi connectivity index (χ0v) is 18.4. The normalized spacial score (nSPS) is 17.2. The molecule has 2 heterocycles. The number of para-hydroxylation sites is 2. The van der Waals surface area contributed by atoms with Gasteiger partial charge in [-0.3, -0.25) is 19.3 Å². The molecule has 1 N–H and O–H groups in total. The molecule has 2 aliphatic rings. The molecule has 1 unspecified atom stereocenters. The number of anilines is 2. The molecular formula is C24H17N3O3S2. The Balaban J connectivity index is 1.35. The quantitative estimate of drug-likeness (QED) is 0.590. The van der Waals surface area contributed by atoms with Gasteiger partial charge in [0.2, 0.25) is 11.8 Å². The van der Waals surface area contributed by atoms with Crippen molar-refractivity contribution in [1.29, 1.82) is 0 Å². The lowest BCUT2D eigenvalue weighted by atomic mass is 9.97. The van der Waals surface area contributed by atoms with Crippen molar-refractivity contribution in [2.75, 3.05) is 10.7 Å². The Labute approximate surface area is 193 Å². The number of amides is 3. The van der Waals surface area contributed by atoms with Gasteiger partial charge in [0.15, 0.2) is 5.17 Å². The summed E-state index contributed by atoms with van der Waals surface area (Å²) in [5.41, 5.74) is 2.23. The number of nitrogens with zero attached hydrogens (tertiary/aromatic N) is 2. The second kappa shape index (κ2) is 8.64. The molecule has 6 nitrogen and oxygen atoms in total. The average Bonchev–Trinajstić information content (AvgIpc) is 2.81. The van der Waals surface area contributed by atoms with Crippen LogP contribution in [0.4, 0.5) is 11.4 Å². The van der Waals surface area contributed by atoms with Crippen LogP contribution in [-0.2, 0) is 14.4 Å². The Hall–Kier alpha value is -3.36. The van der Waals surface area contributed by atoms with Gasteiger partial charge in [0, 0.05) is 9.79 Å². The highest BCUT2D eigenvalue weighted by atomic mass is 32.2. The number of nitrogens with one attached hydrogen (secondary N) is 1. The maximum absolute atomic E-state index is 13.3. The lowest BCUT2D eigenvalue weighted by molar-refractivity contribution is -0.129. The minimum absolute atomic E-state index is 0.0235. The number of fused-ring (bicyclic) bond motifs is 2. The molecule has 3 aromatic rings. The smallest absolute Gasteiger partial charge is 0.265 e. The van der Waals surface area contributed by atoms with E-state index in [4.69, 9.17) is 0 Å². The van der Waals surface area contributed by atoms with Crippen molar-refractivity contribution < 1.29 is 14.4 Å². The molecule has 8 heteroatoms. The van der Waals surface area contributed by atoms with Crippen LogP contribution in [0.1, 0.15) is 11.5 Å². The Morgan fingerprint density at radius 2 is 1.50 bits per heavy atom. The number of aliphatic imine (C=N–C) groups is 1. The molecule has 158 valence electrons. The highest BCUT2D eigenvalue weighted by Crippen LogP contribution is 2.48. The predicted octanol–water partition coefficient (Wildman–Crippen LogP) is 4.35. The molecule has 32 heavy (non-hydrogen) atoms. The molecule has 5 rings (SSSR count). The Kier molecular flexibility index (Phi) is 5.55. The third kappa shape index (κ3) is 3.83. The second-order valence-electron chi connectivity index (χ2n) is 7.14. The third-order valence-corrected chi connectivity index (χ3v) is 7.09. The van der Waals surface area contributed by atoms with E-state index in [1.54, 1.807) is 40.9 Å². The van der Waals surface area contributed by atoms with E-state index in [0.717, 1.165) is 32.9 Å². The van der Waals surface area contributed by atoms with E-state index in [0.29, 0.717) is 5.56 Å². The van der Waals surface area contributed by atoms with E-state index >= 15 is 0 Å². The minimum atomic E-state index is -0.964. The summed E-state index contributed by atoms with van der Waals surface area (Å²) in [6.07, 6.45) is 0. The number of carbonyl (C=O) groups is 3. The molecule has 2 aliphatic heterocycles. The molecule has 0 fully saturated rings. The van der Waals surface area contributed by atoms with Crippen LogP contribution in [0, 0.1) is 0 Å². The molecule has 3 aromatic carbocycles. The zero-order chi connectivity index (χ0) is 22.1. The summed E-state index contributed by atoms with van der Waals surface area (Å²) < 4.78 is 0. The molecule has 0 aromatic heterocycles. The zero-order valence-electron chi connectivity index (χ0n) is 16.7. The molecule has 0 spiro atoms. The van der Waals surface area contributed by atoms with Crippen molar-refractivity contribution in [2.24, 2.45) is 4.99 Å². The van der Waals surface area contributed by atoms with Crippen LogP contribution in [0.5, 0.6) is 0 Å². The average molecular weight is 460 g/mol. The first-order valence-electron chi connectivity index (χ1n) is 9.92. The van der Waals surface area contributed by atoms with Crippen molar-refractivity contribution in [3.8, 4) is 0 Å². The van der Waals surface area contributed by atoms with E-state index in [2.05, 4.69) is 10.3 Å². The van der Waals surface area contributed by atoms with Crippen molar-refractivity contribution in [2.45, 2.75) is 15.7 Å². The van der Waals surface area contributed by atoms with Crippen LogP contribution >= 0.6 is 23.5 Å². The molecule has 0 saturated carbocycles. The van der Waals surface area contributed by atoms with E-state index in [1.165, 1.54) is 0 Å². The van der Waals surface area contributed by atoms with Gasteiger partial charge in [0.05, 0.1) is 17.1 Å². The highest BCUT2D eigenvalue weighted by molar-refractivity contribution is 8.14. The maximum Gasteiger partial charge on any atom is 0.265 e. The number of rotatable bonds is 3. The van der Waals surface area contributed by atoms with E-state index < -0.39 is 17.7 Å². The van der Waals surface area contributed by atoms with E-state index in [1.807, 2.05) is 54.6 Å². The van der Waals surface area contributed by atoms with Gasteiger partial charge < -0.3 is 5.32 Å². The summed E-state index contributed by atoms with van der Waals surface area (Å²) >= 11 is 2.67. The van der Waals surface area contributed by atoms with Gasteiger partial charge in [-0.2, -0.15) is 4.99 Å². The lowest BCUT2D eigenvalue weighted by Crippen LogP contribution is -2.42. The van der Waals surface area contributed by atoms with Crippen LogP contribution in [0.2, 0.25) is 0 Å². The second-order valence-corrected chi connectivity index (χ2v) is 9.19. The molecule has 1 atom stereocenters. The van der Waals surface area contributed by atoms with E-state index in [-0.39, 0.29) is 16.8 Å². The number of hydrogen-bond acceptors (Lipinski definition) is 5. The Morgan fingerprint density at radius 1 is 0.906 bits per heavy atom. The molecule has 3 amide bonds. The van der Waals surface area contributed by atoms with Gasteiger partial charge in [-0.15, -0.1) is 0 Å². The molecule has 0 aliphatic carbocycles. The number of hydrogen-bond donors (Lipinski definition) is 1. The van der Waals surface area contributed by atoms with Gasteiger partial charge in [-0.1, -0.05) is 78.1 Å². The van der Waals surface area contributed by atoms with Gasteiger partial charge in [-0.25, -0.2) is 0 Å². The first-order valence-corrected chi connectivity index (χ1v) is 11.7. The van der Waals surface area contributed by atoms with Crippen LogP contribution in [-0.4, -0.2) is 28.6 Å². The summed E-state index contributed by atoms with van der Waals surface area (Å²) in [5, 5.41) is 2.82. The number of amidine groups is 1. The van der Waals surface area contributed by atoms with Crippen LogP contribution in [0.3, 0.4) is 0 Å². The minimum Gasteiger partial charge on any atom is -0.304 e. The van der Waals surface area contributed by atoms with Gasteiger partial charge in [0.1, 0.15) is 5.92 Å². The fraction of sp³-hybridized carbons (Fsp3) is 0.0833. The van der Waals surface area contributed by atoms with E-state index in [9.17, 15) is 14.4 Å². The van der Waals surface area contributed by atoms with Gasteiger partial charge in [-0.05, 0) is 29.8 Å². The van der Waals surface area contributed by atoms with Crippen molar-refractivity contribution in [3.63, 3.8) is 0 Å². The van der Waals surface area contributed by atoms with Crippen LogP contribution in [0.15, 0.2) is 93.6 Å². The highest BCUT2D eigenvalue weighted by Gasteiger charge is 2.34. The molecular weight excluding hydrogens is 442 g/mol. The first-order chi connectivity index (χ1) is 15.6. The molecule has 0 bridgehead atoms. The number of thioether (sulfide) groups is 1. The summed E-state index contributed by atoms with van der Waals surface area (Å²) in [5.74, 6) is -2.06. The monoisotopic (exact) mass is 459 g/mol. The summed E-state index contributed by atoms with van der Waals surface area (Å²) in [7, 11) is 0. The number of carbonyl (C=O) groups excluding carboxylic acids is 3. The van der Waals surface area contributed by atoms with Gasteiger partial charge >= 0.3 is 0 Å². The third-order valence-electron chi connectivity index (χ3n) is 5.10. The van der Waals surface area contributed by atoms with Gasteiger partial charge in [0.25, 0.3) is 5.91 Å². The van der Waals surface area contributed by atoms with Crippen LogP contribution < -0.4 is 10.2 Å². The predicted molar refractivity (Wildman–Crippen MR) is 126 cm³/mol. The summed E-state index contributed by atoms with van der Waals surface area (Å²) in [4.78, 5) is 46.1.